The normalized spacial score (nSPS) is 11.6. The van der Waals surface area contributed by atoms with E-state index in [9.17, 15) is 9.59 Å². The smallest absolute Gasteiger partial charge is 0.328 e. The van der Waals surface area contributed by atoms with Crippen molar-refractivity contribution in [1.82, 2.24) is 10.3 Å². The van der Waals surface area contributed by atoms with Crippen LogP contribution in [0.15, 0.2) is 42.6 Å². The van der Waals surface area contributed by atoms with Gasteiger partial charge in [-0.1, -0.05) is 18.2 Å². The van der Waals surface area contributed by atoms with Gasteiger partial charge in [-0.25, -0.2) is 4.79 Å². The first-order valence-electron chi connectivity index (χ1n) is 9.26. The van der Waals surface area contributed by atoms with Gasteiger partial charge in [0.2, 0.25) is 5.75 Å². The molecule has 158 valence electrons. The molecule has 8 nitrogen and oxygen atoms in total. The number of aromatic amines is 1. The second kappa shape index (κ2) is 9.21. The van der Waals surface area contributed by atoms with Gasteiger partial charge in [0, 0.05) is 29.1 Å². The molecule has 1 aromatic heterocycles. The van der Waals surface area contributed by atoms with Crippen molar-refractivity contribution in [1.29, 1.82) is 0 Å². The van der Waals surface area contributed by atoms with Crippen LogP contribution in [0.3, 0.4) is 0 Å². The molecule has 2 aromatic carbocycles. The van der Waals surface area contributed by atoms with Crippen molar-refractivity contribution in [3.63, 3.8) is 0 Å². The van der Waals surface area contributed by atoms with E-state index < -0.39 is 17.9 Å². The number of H-pyrrole nitrogens is 1. The van der Waals surface area contributed by atoms with Gasteiger partial charge in [0.05, 0.1) is 28.4 Å². The van der Waals surface area contributed by atoms with E-state index in [1.54, 1.807) is 0 Å². The van der Waals surface area contributed by atoms with Gasteiger partial charge in [-0.3, -0.25) is 4.79 Å². The van der Waals surface area contributed by atoms with Gasteiger partial charge < -0.3 is 29.2 Å². The number of fused-ring (bicyclic) bond motifs is 1. The Labute approximate surface area is 174 Å². The summed E-state index contributed by atoms with van der Waals surface area (Å²) in [5.74, 6) is 0.0481. The van der Waals surface area contributed by atoms with Crippen LogP contribution in [0.25, 0.3) is 10.9 Å². The van der Waals surface area contributed by atoms with E-state index in [2.05, 4.69) is 10.3 Å². The van der Waals surface area contributed by atoms with Gasteiger partial charge >= 0.3 is 5.97 Å². The first kappa shape index (κ1) is 21.0. The summed E-state index contributed by atoms with van der Waals surface area (Å²) < 4.78 is 20.8. The molecule has 0 radical (unpaired) electrons. The van der Waals surface area contributed by atoms with Crippen molar-refractivity contribution >= 4 is 22.8 Å². The largest absolute Gasteiger partial charge is 0.493 e. The fraction of sp³-hybridized carbons (Fsp3) is 0.273. The van der Waals surface area contributed by atoms with Crippen LogP contribution >= 0.6 is 0 Å². The third-order valence-electron chi connectivity index (χ3n) is 4.82. The summed E-state index contributed by atoms with van der Waals surface area (Å²) in [4.78, 5) is 28.5. The molecule has 0 saturated heterocycles. The predicted molar refractivity (Wildman–Crippen MR) is 111 cm³/mol. The summed E-state index contributed by atoms with van der Waals surface area (Å²) in [6, 6.07) is 9.92. The summed E-state index contributed by atoms with van der Waals surface area (Å²) in [5.41, 5.74) is 2.11. The van der Waals surface area contributed by atoms with Crippen molar-refractivity contribution < 1.29 is 28.5 Å². The number of rotatable bonds is 8. The number of benzene rings is 2. The lowest BCUT2D eigenvalue weighted by atomic mass is 10.0. The number of hydrogen-bond acceptors (Lipinski definition) is 6. The summed E-state index contributed by atoms with van der Waals surface area (Å²) in [6.45, 7) is 0. The molecule has 0 unspecified atom stereocenters. The van der Waals surface area contributed by atoms with Crippen LogP contribution in [0.1, 0.15) is 15.9 Å². The zero-order valence-corrected chi connectivity index (χ0v) is 17.3. The molecule has 1 amide bonds. The Morgan fingerprint density at radius 3 is 2.27 bits per heavy atom. The third-order valence-corrected chi connectivity index (χ3v) is 4.82. The molecule has 30 heavy (non-hydrogen) atoms. The Hall–Kier alpha value is -3.68. The zero-order valence-electron chi connectivity index (χ0n) is 17.3. The molecule has 8 heteroatoms. The van der Waals surface area contributed by atoms with Crippen LogP contribution in [0, 0.1) is 0 Å². The van der Waals surface area contributed by atoms with Crippen molar-refractivity contribution in [3.8, 4) is 17.2 Å². The fourth-order valence-corrected chi connectivity index (χ4v) is 3.31. The average molecular weight is 412 g/mol. The first-order chi connectivity index (χ1) is 14.5. The van der Waals surface area contributed by atoms with Crippen LogP contribution in [-0.2, 0) is 16.0 Å². The van der Waals surface area contributed by atoms with Crippen LogP contribution < -0.4 is 19.5 Å². The molecule has 2 N–H and O–H groups in total. The predicted octanol–water partition coefficient (Wildman–Crippen LogP) is 2.71. The van der Waals surface area contributed by atoms with Crippen molar-refractivity contribution in [2.24, 2.45) is 0 Å². The van der Waals surface area contributed by atoms with Gasteiger partial charge in [0.25, 0.3) is 5.91 Å². The molecular formula is C22H24N2O6. The van der Waals surface area contributed by atoms with E-state index in [0.29, 0.717) is 17.2 Å². The zero-order chi connectivity index (χ0) is 21.7. The third kappa shape index (κ3) is 4.17. The number of esters is 1. The van der Waals surface area contributed by atoms with E-state index in [1.807, 2.05) is 30.5 Å². The van der Waals surface area contributed by atoms with Gasteiger partial charge in [-0.2, -0.15) is 0 Å². The molecule has 1 atom stereocenters. The highest BCUT2D eigenvalue weighted by Gasteiger charge is 2.25. The van der Waals surface area contributed by atoms with Gasteiger partial charge in [0.15, 0.2) is 11.5 Å². The second-order valence-electron chi connectivity index (χ2n) is 6.53. The van der Waals surface area contributed by atoms with E-state index in [4.69, 9.17) is 18.9 Å². The molecular weight excluding hydrogens is 388 g/mol. The van der Waals surface area contributed by atoms with Gasteiger partial charge in [-0.05, 0) is 23.8 Å². The number of aromatic nitrogens is 1. The van der Waals surface area contributed by atoms with Crippen molar-refractivity contribution in [2.45, 2.75) is 12.5 Å². The Kier molecular flexibility index (Phi) is 6.46. The number of nitrogens with one attached hydrogen (secondary N) is 2. The lowest BCUT2D eigenvalue weighted by molar-refractivity contribution is -0.142. The number of ether oxygens (including phenoxy) is 4. The topological polar surface area (TPSA) is 98.9 Å². The molecule has 0 bridgehead atoms. The number of hydrogen-bond donors (Lipinski definition) is 2. The summed E-state index contributed by atoms with van der Waals surface area (Å²) in [5, 5.41) is 3.73. The summed E-state index contributed by atoms with van der Waals surface area (Å²) in [7, 11) is 5.70. The Bertz CT molecular complexity index is 1030. The minimum atomic E-state index is -0.874. The maximum absolute atomic E-state index is 12.9. The maximum Gasteiger partial charge on any atom is 0.328 e. The summed E-state index contributed by atoms with van der Waals surface area (Å²) in [6.07, 6.45) is 2.10. The minimum Gasteiger partial charge on any atom is -0.493 e. The van der Waals surface area contributed by atoms with Crippen LogP contribution in [0.2, 0.25) is 0 Å². The van der Waals surface area contributed by atoms with Crippen LogP contribution in [0.4, 0.5) is 0 Å². The fourth-order valence-electron chi connectivity index (χ4n) is 3.31. The first-order valence-corrected chi connectivity index (χ1v) is 9.26. The maximum atomic E-state index is 12.9. The number of carbonyl (C=O) groups is 2. The number of methoxy groups -OCH3 is 4. The molecule has 0 aliphatic rings. The van der Waals surface area contributed by atoms with E-state index in [1.165, 1.54) is 40.6 Å². The van der Waals surface area contributed by atoms with E-state index in [-0.39, 0.29) is 12.0 Å². The summed E-state index contributed by atoms with van der Waals surface area (Å²) >= 11 is 0. The van der Waals surface area contributed by atoms with Crippen molar-refractivity contribution in [3.05, 3.63) is 53.7 Å². The molecule has 0 aliphatic heterocycles. The molecule has 0 saturated carbocycles. The van der Waals surface area contributed by atoms with Gasteiger partial charge in [0.1, 0.15) is 6.04 Å². The van der Waals surface area contributed by atoms with E-state index >= 15 is 0 Å². The molecule has 0 aliphatic carbocycles. The number of amides is 1. The average Bonchev–Trinajstić information content (AvgIpc) is 3.19. The van der Waals surface area contributed by atoms with E-state index in [0.717, 1.165) is 16.5 Å². The van der Waals surface area contributed by atoms with Crippen LogP contribution in [0.5, 0.6) is 17.2 Å². The highest BCUT2D eigenvalue weighted by molar-refractivity contribution is 5.98. The molecule has 1 heterocycles. The highest BCUT2D eigenvalue weighted by Crippen LogP contribution is 2.38. The Morgan fingerprint density at radius 2 is 1.67 bits per heavy atom. The molecule has 0 spiro atoms. The minimum absolute atomic E-state index is 0.261. The van der Waals surface area contributed by atoms with Crippen molar-refractivity contribution in [2.75, 3.05) is 28.4 Å². The Balaban J connectivity index is 1.88. The SMILES string of the molecule is COC(=O)[C@@H](Cc1c[nH]c2ccccc12)NC(=O)c1cc(OC)c(OC)c(OC)c1. The van der Waals surface area contributed by atoms with Gasteiger partial charge in [-0.15, -0.1) is 0 Å². The Morgan fingerprint density at radius 1 is 1.00 bits per heavy atom. The van der Waals surface area contributed by atoms with Crippen LogP contribution in [-0.4, -0.2) is 51.3 Å². The standard InChI is InChI=1S/C22H24N2O6/c1-27-18-10-13(11-19(28-2)20(18)29-3)21(25)24-17(22(26)30-4)9-14-12-23-16-8-6-5-7-15(14)16/h5-8,10-12,17,23H,9H2,1-4H3,(H,24,25)/t17-/m1/s1. The molecule has 3 aromatic rings. The molecule has 3 rings (SSSR count). The lowest BCUT2D eigenvalue weighted by Crippen LogP contribution is -2.43. The monoisotopic (exact) mass is 412 g/mol. The second-order valence-corrected chi connectivity index (χ2v) is 6.53. The highest BCUT2D eigenvalue weighted by atomic mass is 16.5. The number of para-hydroxylation sites is 1. The number of carbonyl (C=O) groups excluding carboxylic acids is 2. The lowest BCUT2D eigenvalue weighted by Gasteiger charge is -2.18. The molecule has 0 fully saturated rings. The quantitative estimate of drug-likeness (QED) is 0.552.